The maximum absolute atomic E-state index is 12.8. The molecular formula is C20H26N4O2S. The summed E-state index contributed by atoms with van der Waals surface area (Å²) in [6.07, 6.45) is 3.63. The SMILES string of the molecule is CCN(CC)C(CNC(=O)c1sc2nccn2c1C)c1cccc(OC)c1. The minimum absolute atomic E-state index is 0.0527. The summed E-state index contributed by atoms with van der Waals surface area (Å²) in [7, 11) is 1.67. The molecule has 2 aromatic heterocycles. The van der Waals surface area contributed by atoms with E-state index in [0.29, 0.717) is 11.4 Å². The van der Waals surface area contributed by atoms with Gasteiger partial charge in [0.1, 0.15) is 10.6 Å². The van der Waals surface area contributed by atoms with Crippen molar-refractivity contribution in [2.24, 2.45) is 0 Å². The summed E-state index contributed by atoms with van der Waals surface area (Å²) in [5.74, 6) is 0.773. The molecule has 2 heterocycles. The highest BCUT2D eigenvalue weighted by Crippen LogP contribution is 2.25. The van der Waals surface area contributed by atoms with Crippen molar-refractivity contribution in [1.29, 1.82) is 0 Å². The standard InChI is InChI=1S/C20H26N4O2S/c1-5-23(6-2)17(15-8-7-9-16(12-15)26-4)13-22-19(25)18-14(3)24-11-10-21-20(24)27-18/h7-12,17H,5-6,13H2,1-4H3,(H,22,25). The molecule has 1 atom stereocenters. The second-order valence-electron chi connectivity index (χ2n) is 6.32. The van der Waals surface area contributed by atoms with Crippen LogP contribution in [-0.4, -0.2) is 46.9 Å². The molecule has 144 valence electrons. The van der Waals surface area contributed by atoms with Crippen LogP contribution in [0.2, 0.25) is 0 Å². The van der Waals surface area contributed by atoms with Crippen molar-refractivity contribution in [3.63, 3.8) is 0 Å². The fourth-order valence-corrected chi connectivity index (χ4v) is 4.35. The number of benzene rings is 1. The van der Waals surface area contributed by atoms with Crippen LogP contribution in [-0.2, 0) is 0 Å². The van der Waals surface area contributed by atoms with Gasteiger partial charge in [-0.2, -0.15) is 0 Å². The van der Waals surface area contributed by atoms with Crippen molar-refractivity contribution in [2.45, 2.75) is 26.8 Å². The first-order chi connectivity index (χ1) is 13.1. The molecule has 3 aromatic rings. The molecule has 0 aliphatic heterocycles. The lowest BCUT2D eigenvalue weighted by Gasteiger charge is -2.30. The number of aryl methyl sites for hydroxylation is 1. The molecule has 3 rings (SSSR count). The van der Waals surface area contributed by atoms with Crippen molar-refractivity contribution >= 4 is 22.2 Å². The first-order valence-corrected chi connectivity index (χ1v) is 9.99. The predicted molar refractivity (Wildman–Crippen MR) is 109 cm³/mol. The molecular weight excluding hydrogens is 360 g/mol. The van der Waals surface area contributed by atoms with E-state index in [1.54, 1.807) is 13.3 Å². The summed E-state index contributed by atoms with van der Waals surface area (Å²) in [6.45, 7) is 8.56. The van der Waals surface area contributed by atoms with Crippen LogP contribution < -0.4 is 10.1 Å². The number of ether oxygens (including phenoxy) is 1. The number of amides is 1. The topological polar surface area (TPSA) is 58.9 Å². The molecule has 1 aromatic carbocycles. The molecule has 6 nitrogen and oxygen atoms in total. The molecule has 0 saturated heterocycles. The van der Waals surface area contributed by atoms with Crippen LogP contribution in [0.3, 0.4) is 0 Å². The van der Waals surface area contributed by atoms with Crippen LogP contribution in [0, 0.1) is 6.92 Å². The van der Waals surface area contributed by atoms with Gasteiger partial charge in [0.15, 0.2) is 4.96 Å². The van der Waals surface area contributed by atoms with Crippen molar-refractivity contribution in [3.05, 3.63) is 52.8 Å². The van der Waals surface area contributed by atoms with Crippen molar-refractivity contribution in [2.75, 3.05) is 26.7 Å². The van der Waals surface area contributed by atoms with Crippen LogP contribution in [0.4, 0.5) is 0 Å². The Hall–Kier alpha value is -2.38. The Kier molecular flexibility index (Phi) is 6.13. The fraction of sp³-hybridized carbons (Fsp3) is 0.400. The third-order valence-corrected chi connectivity index (χ3v) is 6.05. The van der Waals surface area contributed by atoms with Gasteiger partial charge in [-0.15, -0.1) is 0 Å². The van der Waals surface area contributed by atoms with E-state index in [1.165, 1.54) is 11.3 Å². The Balaban J connectivity index is 1.80. The zero-order valence-electron chi connectivity index (χ0n) is 16.2. The molecule has 0 aliphatic carbocycles. The van der Waals surface area contributed by atoms with Gasteiger partial charge in [-0.05, 0) is 37.7 Å². The minimum atomic E-state index is -0.0527. The number of carbonyl (C=O) groups excluding carboxylic acids is 1. The van der Waals surface area contributed by atoms with E-state index in [4.69, 9.17) is 4.74 Å². The van der Waals surface area contributed by atoms with E-state index >= 15 is 0 Å². The average molecular weight is 387 g/mol. The van der Waals surface area contributed by atoms with E-state index in [0.717, 1.165) is 35.1 Å². The maximum atomic E-state index is 12.8. The highest BCUT2D eigenvalue weighted by atomic mass is 32.1. The van der Waals surface area contributed by atoms with Gasteiger partial charge in [0.25, 0.3) is 5.91 Å². The lowest BCUT2D eigenvalue weighted by atomic mass is 10.0. The minimum Gasteiger partial charge on any atom is -0.497 e. The van der Waals surface area contributed by atoms with Gasteiger partial charge in [-0.25, -0.2) is 4.98 Å². The number of likely N-dealkylation sites (N-methyl/N-ethyl adjacent to an activating group) is 1. The number of aromatic nitrogens is 2. The highest BCUT2D eigenvalue weighted by molar-refractivity contribution is 7.19. The number of hydrogen-bond donors (Lipinski definition) is 1. The summed E-state index contributed by atoms with van der Waals surface area (Å²) in [6, 6.07) is 8.14. The number of hydrogen-bond acceptors (Lipinski definition) is 5. The highest BCUT2D eigenvalue weighted by Gasteiger charge is 2.22. The Morgan fingerprint density at radius 3 is 2.81 bits per heavy atom. The second-order valence-corrected chi connectivity index (χ2v) is 7.30. The molecule has 0 saturated carbocycles. The maximum Gasteiger partial charge on any atom is 0.263 e. The van der Waals surface area contributed by atoms with E-state index in [9.17, 15) is 4.79 Å². The monoisotopic (exact) mass is 386 g/mol. The number of fused-ring (bicyclic) bond motifs is 1. The van der Waals surface area contributed by atoms with Crippen LogP contribution in [0.25, 0.3) is 4.96 Å². The molecule has 0 spiro atoms. The van der Waals surface area contributed by atoms with Gasteiger partial charge < -0.3 is 10.1 Å². The van der Waals surface area contributed by atoms with Crippen molar-refractivity contribution < 1.29 is 9.53 Å². The number of nitrogens with one attached hydrogen (secondary N) is 1. The Morgan fingerprint density at radius 2 is 2.15 bits per heavy atom. The average Bonchev–Trinajstić information content (AvgIpc) is 3.28. The van der Waals surface area contributed by atoms with Crippen LogP contribution >= 0.6 is 11.3 Å². The zero-order chi connectivity index (χ0) is 19.4. The Labute approximate surface area is 163 Å². The second kappa shape index (κ2) is 8.54. The third kappa shape index (κ3) is 3.99. The molecule has 1 amide bonds. The first kappa shape index (κ1) is 19.4. The van der Waals surface area contributed by atoms with E-state index in [1.807, 2.05) is 35.7 Å². The molecule has 0 bridgehead atoms. The lowest BCUT2D eigenvalue weighted by molar-refractivity contribution is 0.0938. The van der Waals surface area contributed by atoms with Gasteiger partial charge in [-0.1, -0.05) is 37.3 Å². The number of methoxy groups -OCH3 is 1. The zero-order valence-corrected chi connectivity index (χ0v) is 17.0. The largest absolute Gasteiger partial charge is 0.497 e. The van der Waals surface area contributed by atoms with Crippen molar-refractivity contribution in [3.8, 4) is 5.75 Å². The molecule has 27 heavy (non-hydrogen) atoms. The van der Waals surface area contributed by atoms with E-state index in [-0.39, 0.29) is 11.9 Å². The fourth-order valence-electron chi connectivity index (χ4n) is 3.35. The molecule has 7 heteroatoms. The van der Waals surface area contributed by atoms with Gasteiger partial charge in [0, 0.05) is 24.6 Å². The van der Waals surface area contributed by atoms with Crippen molar-refractivity contribution in [1.82, 2.24) is 19.6 Å². The van der Waals surface area contributed by atoms with E-state index in [2.05, 4.69) is 35.1 Å². The Morgan fingerprint density at radius 1 is 1.37 bits per heavy atom. The first-order valence-electron chi connectivity index (χ1n) is 9.17. The molecule has 1 unspecified atom stereocenters. The molecule has 1 N–H and O–H groups in total. The molecule has 0 aliphatic rings. The number of nitrogens with zero attached hydrogens (tertiary/aromatic N) is 3. The quantitative estimate of drug-likeness (QED) is 0.643. The smallest absolute Gasteiger partial charge is 0.263 e. The lowest BCUT2D eigenvalue weighted by Crippen LogP contribution is -2.38. The predicted octanol–water partition coefficient (Wildman–Crippen LogP) is 3.53. The normalized spacial score (nSPS) is 12.5. The third-order valence-electron chi connectivity index (χ3n) is 4.88. The number of imidazole rings is 1. The van der Waals surface area contributed by atoms with Gasteiger partial charge >= 0.3 is 0 Å². The summed E-state index contributed by atoms with van der Waals surface area (Å²) in [5, 5.41) is 3.12. The van der Waals surface area contributed by atoms with Crippen LogP contribution in [0.1, 0.15) is 40.8 Å². The van der Waals surface area contributed by atoms with Gasteiger partial charge in [-0.3, -0.25) is 14.1 Å². The van der Waals surface area contributed by atoms with Gasteiger partial charge in [0.05, 0.1) is 13.2 Å². The summed E-state index contributed by atoms with van der Waals surface area (Å²) < 4.78 is 7.32. The summed E-state index contributed by atoms with van der Waals surface area (Å²) >= 11 is 1.42. The molecule has 0 fully saturated rings. The molecule has 0 radical (unpaired) electrons. The number of rotatable bonds is 8. The van der Waals surface area contributed by atoms with Crippen LogP contribution in [0.15, 0.2) is 36.7 Å². The summed E-state index contributed by atoms with van der Waals surface area (Å²) in [4.78, 5) is 21.0. The number of carbonyl (C=O) groups is 1. The number of thiazole rings is 1. The van der Waals surface area contributed by atoms with E-state index < -0.39 is 0 Å². The van der Waals surface area contributed by atoms with Crippen LogP contribution in [0.5, 0.6) is 5.75 Å². The Bertz CT molecular complexity index is 914. The van der Waals surface area contributed by atoms with Gasteiger partial charge in [0.2, 0.25) is 0 Å². The summed E-state index contributed by atoms with van der Waals surface area (Å²) in [5.41, 5.74) is 2.06.